The van der Waals surface area contributed by atoms with Gasteiger partial charge in [-0.05, 0) is 24.3 Å². The number of fused-ring (bicyclic) bond motifs is 2. The first kappa shape index (κ1) is 15.2. The number of anilines is 1. The average molecular weight is 336 g/mol. The van der Waals surface area contributed by atoms with Crippen LogP contribution < -0.4 is 5.32 Å². The lowest BCUT2D eigenvalue weighted by molar-refractivity contribution is 0.0660. The first-order valence-corrected chi connectivity index (χ1v) is 7.75. The van der Waals surface area contributed by atoms with Crippen LogP contribution in [0.2, 0.25) is 0 Å². The standard InChI is InChI=1S/C18H13FN4O2/c19-14-7-3-6-13-15(14)21-10-22-16(13)20-8-9-23-17(24)11-4-1-2-5-12(11)18(23)25/h1-7,10H,8-9H2,(H,20,21,22). The second kappa shape index (κ2) is 5.94. The van der Waals surface area contributed by atoms with Crippen LogP contribution in [-0.2, 0) is 0 Å². The molecule has 1 aliphatic rings. The molecular weight excluding hydrogens is 323 g/mol. The first-order valence-electron chi connectivity index (χ1n) is 7.75. The number of nitrogens with one attached hydrogen (secondary N) is 1. The fourth-order valence-corrected chi connectivity index (χ4v) is 2.92. The molecule has 0 bridgehead atoms. The summed E-state index contributed by atoms with van der Waals surface area (Å²) in [6, 6.07) is 11.4. The molecule has 0 spiro atoms. The van der Waals surface area contributed by atoms with Crippen LogP contribution in [0.1, 0.15) is 20.7 Å². The second-order valence-corrected chi connectivity index (χ2v) is 5.59. The third-order valence-electron chi connectivity index (χ3n) is 4.12. The molecule has 4 rings (SSSR count). The van der Waals surface area contributed by atoms with Crippen molar-refractivity contribution in [3.63, 3.8) is 0 Å². The number of hydrogen-bond donors (Lipinski definition) is 1. The average Bonchev–Trinajstić information content (AvgIpc) is 2.88. The van der Waals surface area contributed by atoms with Crippen LogP contribution in [0, 0.1) is 5.82 Å². The fourth-order valence-electron chi connectivity index (χ4n) is 2.92. The molecule has 1 aliphatic heterocycles. The lowest BCUT2D eigenvalue weighted by Crippen LogP contribution is -2.34. The highest BCUT2D eigenvalue weighted by molar-refractivity contribution is 6.21. The Morgan fingerprint density at radius 3 is 2.40 bits per heavy atom. The Balaban J connectivity index is 1.50. The number of hydrogen-bond acceptors (Lipinski definition) is 5. The lowest BCUT2D eigenvalue weighted by Gasteiger charge is -2.15. The van der Waals surface area contributed by atoms with Crippen LogP contribution in [0.4, 0.5) is 10.2 Å². The Bertz CT molecular complexity index is 970. The van der Waals surface area contributed by atoms with Gasteiger partial charge in [-0.3, -0.25) is 14.5 Å². The van der Waals surface area contributed by atoms with Crippen LogP contribution in [0.3, 0.4) is 0 Å². The number of aromatic nitrogens is 2. The Morgan fingerprint density at radius 1 is 0.960 bits per heavy atom. The van der Waals surface area contributed by atoms with Crippen LogP contribution in [-0.4, -0.2) is 39.8 Å². The molecule has 1 N–H and O–H groups in total. The molecule has 0 fully saturated rings. The summed E-state index contributed by atoms with van der Waals surface area (Å²) >= 11 is 0. The Hall–Kier alpha value is -3.35. The van der Waals surface area contributed by atoms with Gasteiger partial charge in [0.15, 0.2) is 0 Å². The normalized spacial score (nSPS) is 13.4. The van der Waals surface area contributed by atoms with Gasteiger partial charge >= 0.3 is 0 Å². The third-order valence-corrected chi connectivity index (χ3v) is 4.12. The van der Waals surface area contributed by atoms with Crippen molar-refractivity contribution in [3.05, 3.63) is 65.7 Å². The molecule has 2 heterocycles. The molecule has 0 saturated heterocycles. The molecular formula is C18H13FN4O2. The molecule has 0 aliphatic carbocycles. The van der Waals surface area contributed by atoms with E-state index in [2.05, 4.69) is 15.3 Å². The number of carbonyl (C=O) groups is 2. The van der Waals surface area contributed by atoms with E-state index in [0.29, 0.717) is 28.9 Å². The molecule has 6 nitrogen and oxygen atoms in total. The van der Waals surface area contributed by atoms with Crippen LogP contribution >= 0.6 is 0 Å². The molecule has 0 saturated carbocycles. The number of imide groups is 1. The zero-order valence-electron chi connectivity index (χ0n) is 13.1. The van der Waals surface area contributed by atoms with Crippen LogP contribution in [0.15, 0.2) is 48.8 Å². The molecule has 7 heteroatoms. The smallest absolute Gasteiger partial charge is 0.261 e. The van der Waals surface area contributed by atoms with Crippen molar-refractivity contribution >= 4 is 28.5 Å². The van der Waals surface area contributed by atoms with Crippen molar-refractivity contribution in [1.29, 1.82) is 0 Å². The summed E-state index contributed by atoms with van der Waals surface area (Å²) in [7, 11) is 0. The topological polar surface area (TPSA) is 75.2 Å². The minimum Gasteiger partial charge on any atom is -0.368 e. The van der Waals surface area contributed by atoms with E-state index in [-0.39, 0.29) is 23.9 Å². The zero-order chi connectivity index (χ0) is 17.4. The van der Waals surface area contributed by atoms with E-state index in [9.17, 15) is 14.0 Å². The maximum absolute atomic E-state index is 13.8. The van der Waals surface area contributed by atoms with Gasteiger partial charge in [0.2, 0.25) is 0 Å². The quantitative estimate of drug-likeness (QED) is 0.741. The Morgan fingerprint density at radius 2 is 1.68 bits per heavy atom. The van der Waals surface area contributed by atoms with Gasteiger partial charge in [0, 0.05) is 18.5 Å². The summed E-state index contributed by atoms with van der Waals surface area (Å²) in [5, 5.41) is 3.59. The first-order chi connectivity index (χ1) is 12.2. The van der Waals surface area contributed by atoms with Crippen molar-refractivity contribution in [3.8, 4) is 0 Å². The summed E-state index contributed by atoms with van der Waals surface area (Å²) in [6.07, 6.45) is 1.27. The summed E-state index contributed by atoms with van der Waals surface area (Å²) in [5.41, 5.74) is 1.06. The highest BCUT2D eigenvalue weighted by Crippen LogP contribution is 2.23. The van der Waals surface area contributed by atoms with E-state index < -0.39 is 5.82 Å². The highest BCUT2D eigenvalue weighted by Gasteiger charge is 2.34. The molecule has 3 aromatic rings. The molecule has 124 valence electrons. The van der Waals surface area contributed by atoms with Crippen molar-refractivity contribution in [1.82, 2.24) is 14.9 Å². The highest BCUT2D eigenvalue weighted by atomic mass is 19.1. The monoisotopic (exact) mass is 336 g/mol. The zero-order valence-corrected chi connectivity index (χ0v) is 13.1. The van der Waals surface area contributed by atoms with E-state index >= 15 is 0 Å². The summed E-state index contributed by atoms with van der Waals surface area (Å²) in [4.78, 5) is 33.9. The second-order valence-electron chi connectivity index (χ2n) is 5.59. The number of rotatable bonds is 4. The van der Waals surface area contributed by atoms with Gasteiger partial charge in [-0.2, -0.15) is 0 Å². The van der Waals surface area contributed by atoms with Crippen molar-refractivity contribution in [2.24, 2.45) is 0 Å². The minimum atomic E-state index is -0.428. The van der Waals surface area contributed by atoms with Gasteiger partial charge in [-0.25, -0.2) is 14.4 Å². The number of benzene rings is 2. The fraction of sp³-hybridized carbons (Fsp3) is 0.111. The van der Waals surface area contributed by atoms with Gasteiger partial charge in [-0.1, -0.05) is 18.2 Å². The molecule has 2 aromatic carbocycles. The predicted octanol–water partition coefficient (Wildman–Crippen LogP) is 2.48. The third kappa shape index (κ3) is 2.50. The summed E-state index contributed by atoms with van der Waals surface area (Å²) in [5.74, 6) is -0.577. The van der Waals surface area contributed by atoms with Gasteiger partial charge in [0.1, 0.15) is 23.5 Å². The SMILES string of the molecule is O=C1c2ccccc2C(=O)N1CCNc1ncnc2c(F)cccc12. The number of amides is 2. The number of nitrogens with zero attached hydrogens (tertiary/aromatic N) is 3. The number of halogens is 1. The van der Waals surface area contributed by atoms with E-state index in [1.165, 1.54) is 17.3 Å². The summed E-state index contributed by atoms with van der Waals surface area (Å²) in [6.45, 7) is 0.487. The molecule has 2 amide bonds. The molecule has 1 aromatic heterocycles. The maximum Gasteiger partial charge on any atom is 0.261 e. The Labute approximate surface area is 142 Å². The van der Waals surface area contributed by atoms with Crippen molar-refractivity contribution < 1.29 is 14.0 Å². The minimum absolute atomic E-state index is 0.188. The van der Waals surface area contributed by atoms with Crippen molar-refractivity contribution in [2.45, 2.75) is 0 Å². The van der Waals surface area contributed by atoms with Crippen molar-refractivity contribution in [2.75, 3.05) is 18.4 Å². The van der Waals surface area contributed by atoms with Gasteiger partial charge in [-0.15, -0.1) is 0 Å². The number of para-hydroxylation sites is 1. The lowest BCUT2D eigenvalue weighted by atomic mass is 10.1. The van der Waals surface area contributed by atoms with E-state index in [4.69, 9.17) is 0 Å². The van der Waals surface area contributed by atoms with E-state index in [1.54, 1.807) is 36.4 Å². The van der Waals surface area contributed by atoms with Gasteiger partial charge in [0.25, 0.3) is 11.8 Å². The van der Waals surface area contributed by atoms with Gasteiger partial charge < -0.3 is 5.32 Å². The molecule has 0 unspecified atom stereocenters. The molecule has 0 atom stereocenters. The predicted molar refractivity (Wildman–Crippen MR) is 89.8 cm³/mol. The largest absolute Gasteiger partial charge is 0.368 e. The van der Waals surface area contributed by atoms with E-state index in [1.807, 2.05) is 0 Å². The molecule has 0 radical (unpaired) electrons. The van der Waals surface area contributed by atoms with E-state index in [0.717, 1.165) is 0 Å². The summed E-state index contributed by atoms with van der Waals surface area (Å²) < 4.78 is 13.8. The number of carbonyl (C=O) groups excluding carboxylic acids is 2. The molecule has 25 heavy (non-hydrogen) atoms. The Kier molecular flexibility index (Phi) is 3.61. The van der Waals surface area contributed by atoms with Gasteiger partial charge in [0.05, 0.1) is 11.1 Å². The van der Waals surface area contributed by atoms with Crippen LogP contribution in [0.25, 0.3) is 10.9 Å². The van der Waals surface area contributed by atoms with Crippen LogP contribution in [0.5, 0.6) is 0 Å². The maximum atomic E-state index is 13.8.